The van der Waals surface area contributed by atoms with E-state index < -0.39 is 10.0 Å². The smallest absolute Gasteiger partial charge is 0.265 e. The fourth-order valence-electron chi connectivity index (χ4n) is 4.15. The lowest BCUT2D eigenvalue weighted by Gasteiger charge is -2.34. The summed E-state index contributed by atoms with van der Waals surface area (Å²) in [6.07, 6.45) is 4.07. The molecule has 10 heteroatoms. The van der Waals surface area contributed by atoms with E-state index in [-0.39, 0.29) is 23.9 Å². The molecular weight excluding hydrogens is 504 g/mol. The molecule has 1 aliphatic rings. The van der Waals surface area contributed by atoms with Crippen LogP contribution in [0, 0.1) is 0 Å². The van der Waals surface area contributed by atoms with Crippen molar-refractivity contribution in [3.63, 3.8) is 0 Å². The Morgan fingerprint density at radius 2 is 1.80 bits per heavy atom. The fraction of sp³-hybridized carbons (Fsp3) is 0.240. The molecule has 3 heterocycles. The van der Waals surface area contributed by atoms with Gasteiger partial charge in [0, 0.05) is 49.2 Å². The Hall–Kier alpha value is -2.85. The number of hydrogen-bond acceptors (Lipinski definition) is 6. The van der Waals surface area contributed by atoms with Crippen LogP contribution in [-0.2, 0) is 16.4 Å². The number of carbonyl (C=O) groups is 1. The summed E-state index contributed by atoms with van der Waals surface area (Å²) in [4.78, 5) is 24.7. The van der Waals surface area contributed by atoms with Crippen LogP contribution in [0.25, 0.3) is 21.3 Å². The van der Waals surface area contributed by atoms with E-state index in [1.54, 1.807) is 47.6 Å². The summed E-state index contributed by atoms with van der Waals surface area (Å²) >= 11 is 7.40. The van der Waals surface area contributed by atoms with Crippen molar-refractivity contribution in [1.82, 2.24) is 19.2 Å². The summed E-state index contributed by atoms with van der Waals surface area (Å²) in [7, 11) is -3.68. The van der Waals surface area contributed by atoms with Crippen LogP contribution in [0.3, 0.4) is 0 Å². The van der Waals surface area contributed by atoms with Crippen LogP contribution in [0.15, 0.2) is 65.8 Å². The van der Waals surface area contributed by atoms with Crippen LogP contribution in [-0.4, -0.2) is 59.7 Å². The van der Waals surface area contributed by atoms with Crippen LogP contribution >= 0.6 is 22.9 Å². The molecule has 0 N–H and O–H groups in total. The van der Waals surface area contributed by atoms with E-state index in [0.29, 0.717) is 29.4 Å². The summed E-state index contributed by atoms with van der Waals surface area (Å²) in [5.74, 6) is -0.103. The van der Waals surface area contributed by atoms with Gasteiger partial charge in [0.25, 0.3) is 5.91 Å². The number of sulfonamides is 1. The molecule has 2 aromatic heterocycles. The SMILES string of the molecule is CCc1nc(-c2cccnc2)sc1C(=O)N1CCN(S(=O)(=O)c2ccc3cc(Cl)ccc3c2)CC1. The summed E-state index contributed by atoms with van der Waals surface area (Å²) in [6, 6.07) is 14.2. The predicted octanol–water partition coefficient (Wildman–Crippen LogP) is 4.72. The highest BCUT2D eigenvalue weighted by molar-refractivity contribution is 7.89. The average molecular weight is 527 g/mol. The van der Waals surface area contributed by atoms with Gasteiger partial charge in [0.2, 0.25) is 10.0 Å². The van der Waals surface area contributed by atoms with E-state index in [9.17, 15) is 13.2 Å². The Labute approximate surface area is 213 Å². The first-order valence-corrected chi connectivity index (χ1v) is 13.9. The van der Waals surface area contributed by atoms with Gasteiger partial charge in [0.1, 0.15) is 9.88 Å². The lowest BCUT2D eigenvalue weighted by Crippen LogP contribution is -2.50. The number of hydrogen-bond donors (Lipinski definition) is 0. The highest BCUT2D eigenvalue weighted by Gasteiger charge is 2.32. The molecule has 5 rings (SSSR count). The van der Waals surface area contributed by atoms with Crippen molar-refractivity contribution in [2.45, 2.75) is 18.2 Å². The van der Waals surface area contributed by atoms with Gasteiger partial charge in [-0.1, -0.05) is 30.7 Å². The van der Waals surface area contributed by atoms with Crippen LogP contribution in [0.1, 0.15) is 22.3 Å². The average Bonchev–Trinajstić information content (AvgIpc) is 3.33. The molecule has 0 radical (unpaired) electrons. The lowest BCUT2D eigenvalue weighted by atomic mass is 10.1. The summed E-state index contributed by atoms with van der Waals surface area (Å²) in [5, 5.41) is 3.06. The quantitative estimate of drug-likeness (QED) is 0.376. The van der Waals surface area contributed by atoms with Crippen LogP contribution in [0.2, 0.25) is 5.02 Å². The van der Waals surface area contributed by atoms with E-state index in [2.05, 4.69) is 9.97 Å². The summed E-state index contributed by atoms with van der Waals surface area (Å²) in [6.45, 7) is 3.10. The maximum absolute atomic E-state index is 13.3. The molecule has 0 atom stereocenters. The first-order chi connectivity index (χ1) is 16.9. The molecule has 180 valence electrons. The van der Waals surface area contributed by atoms with E-state index in [1.165, 1.54) is 15.6 Å². The monoisotopic (exact) mass is 526 g/mol. The van der Waals surface area contributed by atoms with Gasteiger partial charge in [-0.25, -0.2) is 13.4 Å². The van der Waals surface area contributed by atoms with E-state index >= 15 is 0 Å². The molecule has 35 heavy (non-hydrogen) atoms. The number of nitrogens with zero attached hydrogens (tertiary/aromatic N) is 4. The number of fused-ring (bicyclic) bond motifs is 1. The van der Waals surface area contributed by atoms with E-state index in [4.69, 9.17) is 11.6 Å². The van der Waals surface area contributed by atoms with Gasteiger partial charge in [0.15, 0.2) is 0 Å². The van der Waals surface area contributed by atoms with Crippen molar-refractivity contribution >= 4 is 49.6 Å². The third-order valence-electron chi connectivity index (χ3n) is 6.07. The van der Waals surface area contributed by atoms with Gasteiger partial charge in [-0.05, 0) is 53.6 Å². The number of piperazine rings is 1. The fourth-order valence-corrected chi connectivity index (χ4v) is 6.90. The number of benzene rings is 2. The molecule has 2 aromatic carbocycles. The minimum absolute atomic E-state index is 0.103. The Kier molecular flexibility index (Phi) is 6.59. The minimum Gasteiger partial charge on any atom is -0.335 e. The van der Waals surface area contributed by atoms with Gasteiger partial charge >= 0.3 is 0 Å². The molecule has 1 fully saturated rings. The molecular formula is C25H23ClN4O3S2. The lowest BCUT2D eigenvalue weighted by molar-refractivity contribution is 0.0701. The van der Waals surface area contributed by atoms with Gasteiger partial charge < -0.3 is 4.90 Å². The topological polar surface area (TPSA) is 83.5 Å². The van der Waals surface area contributed by atoms with Crippen molar-refractivity contribution in [1.29, 1.82) is 0 Å². The van der Waals surface area contributed by atoms with Crippen molar-refractivity contribution < 1.29 is 13.2 Å². The molecule has 0 unspecified atom stereocenters. The molecule has 1 aliphatic heterocycles. The second-order valence-corrected chi connectivity index (χ2v) is 11.6. The van der Waals surface area contributed by atoms with Gasteiger partial charge in [-0.2, -0.15) is 4.31 Å². The van der Waals surface area contributed by atoms with Gasteiger partial charge in [0.05, 0.1) is 10.6 Å². The zero-order chi connectivity index (χ0) is 24.6. The molecule has 7 nitrogen and oxygen atoms in total. The number of amides is 1. The van der Waals surface area contributed by atoms with Crippen molar-refractivity contribution in [3.8, 4) is 10.6 Å². The molecule has 0 bridgehead atoms. The maximum Gasteiger partial charge on any atom is 0.265 e. The van der Waals surface area contributed by atoms with Crippen LogP contribution in [0.5, 0.6) is 0 Å². The molecule has 0 saturated carbocycles. The highest BCUT2D eigenvalue weighted by Crippen LogP contribution is 2.30. The largest absolute Gasteiger partial charge is 0.335 e. The number of aryl methyl sites for hydroxylation is 1. The Morgan fingerprint density at radius 3 is 2.51 bits per heavy atom. The molecule has 1 saturated heterocycles. The van der Waals surface area contributed by atoms with Gasteiger partial charge in [-0.3, -0.25) is 9.78 Å². The third-order valence-corrected chi connectivity index (χ3v) is 9.34. The Balaban J connectivity index is 1.32. The minimum atomic E-state index is -3.68. The van der Waals surface area contributed by atoms with Crippen molar-refractivity contribution in [2.24, 2.45) is 0 Å². The second-order valence-electron chi connectivity index (χ2n) is 8.24. The Morgan fingerprint density at radius 1 is 1.06 bits per heavy atom. The number of carbonyl (C=O) groups excluding carboxylic acids is 1. The highest BCUT2D eigenvalue weighted by atomic mass is 35.5. The standard InChI is InChI=1S/C25H23ClN4O3S2/c1-2-22-23(34-24(28-22)19-4-3-9-27-16-19)25(31)29-10-12-30(13-11-29)35(32,33)21-8-6-17-14-20(26)7-5-18(17)15-21/h3-9,14-16H,2,10-13H2,1H3. The molecule has 4 aromatic rings. The first kappa shape index (κ1) is 23.9. The van der Waals surface area contributed by atoms with Gasteiger partial charge in [-0.15, -0.1) is 11.3 Å². The third kappa shape index (κ3) is 4.69. The maximum atomic E-state index is 13.3. The summed E-state index contributed by atoms with van der Waals surface area (Å²) in [5.41, 5.74) is 1.63. The number of pyridine rings is 1. The first-order valence-electron chi connectivity index (χ1n) is 11.3. The number of halogens is 1. The Bertz CT molecular complexity index is 1500. The second kappa shape index (κ2) is 9.66. The molecule has 0 spiro atoms. The van der Waals surface area contributed by atoms with Crippen LogP contribution in [0.4, 0.5) is 0 Å². The predicted molar refractivity (Wildman–Crippen MR) is 138 cm³/mol. The van der Waals surface area contributed by atoms with Crippen molar-refractivity contribution in [2.75, 3.05) is 26.2 Å². The van der Waals surface area contributed by atoms with E-state index in [1.807, 2.05) is 25.1 Å². The van der Waals surface area contributed by atoms with Crippen molar-refractivity contribution in [3.05, 3.63) is 76.5 Å². The summed E-state index contributed by atoms with van der Waals surface area (Å²) < 4.78 is 28.0. The zero-order valence-electron chi connectivity index (χ0n) is 19.0. The molecule has 1 amide bonds. The van der Waals surface area contributed by atoms with Crippen LogP contribution < -0.4 is 0 Å². The van der Waals surface area contributed by atoms with E-state index in [0.717, 1.165) is 27.0 Å². The zero-order valence-corrected chi connectivity index (χ0v) is 21.4. The number of thiazole rings is 1. The molecule has 0 aliphatic carbocycles. The normalized spacial score (nSPS) is 15.0. The number of rotatable bonds is 5. The number of aromatic nitrogens is 2.